The van der Waals surface area contributed by atoms with Crippen molar-refractivity contribution in [2.45, 2.75) is 32.7 Å². The van der Waals surface area contributed by atoms with Gasteiger partial charge in [0.1, 0.15) is 5.75 Å². The number of hydrogen-bond donors (Lipinski definition) is 1. The van der Waals surface area contributed by atoms with Crippen LogP contribution in [0.4, 0.5) is 0 Å². The predicted molar refractivity (Wildman–Crippen MR) is 82.4 cm³/mol. The first-order valence-electron chi connectivity index (χ1n) is 6.79. The number of amides is 1. The van der Waals surface area contributed by atoms with Crippen LogP contribution < -0.4 is 10.5 Å². The first-order valence-corrected chi connectivity index (χ1v) is 6.79. The van der Waals surface area contributed by atoms with Gasteiger partial charge >= 0.3 is 0 Å². The fourth-order valence-electron chi connectivity index (χ4n) is 2.23. The molecule has 1 fully saturated rings. The number of carbonyl (C=O) groups is 1. The molecule has 0 bridgehead atoms. The minimum atomic E-state index is 0. The molecule has 1 aromatic carbocycles. The molecule has 1 aliphatic rings. The monoisotopic (exact) mass is 298 g/mol. The van der Waals surface area contributed by atoms with E-state index in [2.05, 4.69) is 13.8 Å². The first-order chi connectivity index (χ1) is 9.06. The highest BCUT2D eigenvalue weighted by Crippen LogP contribution is 2.17. The zero-order valence-electron chi connectivity index (χ0n) is 12.1. The van der Waals surface area contributed by atoms with Crippen molar-refractivity contribution in [3.05, 3.63) is 29.3 Å². The molecular formula is C15H23ClN2O2. The van der Waals surface area contributed by atoms with Gasteiger partial charge in [-0.2, -0.15) is 0 Å². The number of likely N-dealkylation sites (tertiary alicyclic amines) is 1. The van der Waals surface area contributed by atoms with E-state index in [9.17, 15) is 4.79 Å². The maximum Gasteiger partial charge on any atom is 0.226 e. The quantitative estimate of drug-likeness (QED) is 0.925. The normalized spacial score (nSPS) is 17.8. The number of aryl methyl sites for hydroxylation is 2. The van der Waals surface area contributed by atoms with Crippen molar-refractivity contribution in [1.82, 2.24) is 4.90 Å². The largest absolute Gasteiger partial charge is 0.493 e. The Kier molecular flexibility index (Phi) is 6.30. The van der Waals surface area contributed by atoms with E-state index in [4.69, 9.17) is 10.5 Å². The van der Waals surface area contributed by atoms with Crippen LogP contribution in [0.1, 0.15) is 24.0 Å². The Balaban J connectivity index is 0.00000200. The zero-order chi connectivity index (χ0) is 13.8. The highest BCUT2D eigenvalue weighted by Gasteiger charge is 2.23. The summed E-state index contributed by atoms with van der Waals surface area (Å²) < 4.78 is 5.62. The summed E-state index contributed by atoms with van der Waals surface area (Å²) in [7, 11) is 0. The minimum Gasteiger partial charge on any atom is -0.493 e. The van der Waals surface area contributed by atoms with Gasteiger partial charge in [0.15, 0.2) is 0 Å². The van der Waals surface area contributed by atoms with E-state index in [0.29, 0.717) is 19.6 Å². The van der Waals surface area contributed by atoms with Gasteiger partial charge in [0.05, 0.1) is 13.0 Å². The van der Waals surface area contributed by atoms with Crippen molar-refractivity contribution in [3.8, 4) is 5.75 Å². The number of nitrogens with zero attached hydrogens (tertiary/aromatic N) is 1. The van der Waals surface area contributed by atoms with Crippen LogP contribution in [-0.2, 0) is 4.79 Å². The van der Waals surface area contributed by atoms with Gasteiger partial charge in [-0.25, -0.2) is 0 Å². The number of ether oxygens (including phenoxy) is 1. The summed E-state index contributed by atoms with van der Waals surface area (Å²) in [6.45, 7) is 6.01. The van der Waals surface area contributed by atoms with Gasteiger partial charge in [-0.3, -0.25) is 4.79 Å². The fraction of sp³-hybridized carbons (Fsp3) is 0.533. The molecule has 5 heteroatoms. The second kappa shape index (κ2) is 7.50. The summed E-state index contributed by atoms with van der Waals surface area (Å²) >= 11 is 0. The first kappa shape index (κ1) is 16.8. The molecule has 1 aliphatic heterocycles. The van der Waals surface area contributed by atoms with Gasteiger partial charge in [0, 0.05) is 19.1 Å². The molecule has 0 saturated carbocycles. The molecule has 1 atom stereocenters. The van der Waals surface area contributed by atoms with Crippen LogP contribution in [0.5, 0.6) is 5.75 Å². The van der Waals surface area contributed by atoms with Crippen molar-refractivity contribution in [1.29, 1.82) is 0 Å². The molecule has 1 aromatic rings. The second-order valence-electron chi connectivity index (χ2n) is 5.23. The number of nitrogens with two attached hydrogens (primary N) is 1. The third kappa shape index (κ3) is 4.39. The molecule has 0 spiro atoms. The number of rotatable bonds is 4. The minimum absolute atomic E-state index is 0. The molecule has 4 nitrogen and oxygen atoms in total. The molecule has 112 valence electrons. The zero-order valence-corrected chi connectivity index (χ0v) is 12.9. The number of benzene rings is 1. The van der Waals surface area contributed by atoms with Crippen LogP contribution >= 0.6 is 12.4 Å². The van der Waals surface area contributed by atoms with Gasteiger partial charge < -0.3 is 15.4 Å². The lowest BCUT2D eigenvalue weighted by Crippen LogP contribution is -2.32. The van der Waals surface area contributed by atoms with Gasteiger partial charge in [-0.05, 0) is 43.5 Å². The van der Waals surface area contributed by atoms with Crippen LogP contribution in [0.15, 0.2) is 18.2 Å². The summed E-state index contributed by atoms with van der Waals surface area (Å²) in [6, 6.07) is 6.13. The SMILES string of the molecule is Cc1ccc(OCCC(=O)N2CCC(N)C2)cc1C.Cl. The lowest BCUT2D eigenvalue weighted by Gasteiger charge is -2.16. The van der Waals surface area contributed by atoms with Gasteiger partial charge in [-0.15, -0.1) is 12.4 Å². The van der Waals surface area contributed by atoms with E-state index >= 15 is 0 Å². The molecule has 1 unspecified atom stereocenters. The van der Waals surface area contributed by atoms with Crippen LogP contribution in [0.3, 0.4) is 0 Å². The third-order valence-corrected chi connectivity index (χ3v) is 3.64. The Morgan fingerprint density at radius 3 is 2.75 bits per heavy atom. The van der Waals surface area contributed by atoms with E-state index in [1.54, 1.807) is 0 Å². The highest BCUT2D eigenvalue weighted by atomic mass is 35.5. The van der Waals surface area contributed by atoms with Crippen LogP contribution in [-0.4, -0.2) is 36.5 Å². The van der Waals surface area contributed by atoms with Crippen molar-refractivity contribution < 1.29 is 9.53 Å². The summed E-state index contributed by atoms with van der Waals surface area (Å²) in [6.07, 6.45) is 1.32. The molecule has 0 radical (unpaired) electrons. The number of halogens is 1. The molecule has 0 aliphatic carbocycles. The van der Waals surface area contributed by atoms with E-state index in [1.807, 2.05) is 23.1 Å². The molecule has 1 amide bonds. The van der Waals surface area contributed by atoms with Crippen molar-refractivity contribution >= 4 is 18.3 Å². The molecule has 1 heterocycles. The standard InChI is InChI=1S/C15H22N2O2.ClH/c1-11-3-4-14(9-12(11)2)19-8-6-15(18)17-7-5-13(16)10-17;/h3-4,9,13H,5-8,10,16H2,1-2H3;1H. The van der Waals surface area contributed by atoms with E-state index < -0.39 is 0 Å². The van der Waals surface area contributed by atoms with E-state index in [0.717, 1.165) is 18.7 Å². The maximum absolute atomic E-state index is 11.9. The van der Waals surface area contributed by atoms with E-state index in [1.165, 1.54) is 11.1 Å². The van der Waals surface area contributed by atoms with Crippen LogP contribution in [0, 0.1) is 13.8 Å². The van der Waals surface area contributed by atoms with Gasteiger partial charge in [-0.1, -0.05) is 6.07 Å². The number of hydrogen-bond acceptors (Lipinski definition) is 3. The Morgan fingerprint density at radius 1 is 1.40 bits per heavy atom. The predicted octanol–water partition coefficient (Wildman–Crippen LogP) is 2.05. The van der Waals surface area contributed by atoms with Gasteiger partial charge in [0.2, 0.25) is 5.91 Å². The van der Waals surface area contributed by atoms with Crippen molar-refractivity contribution in [2.75, 3.05) is 19.7 Å². The average molecular weight is 299 g/mol. The third-order valence-electron chi connectivity index (χ3n) is 3.64. The summed E-state index contributed by atoms with van der Waals surface area (Å²) in [5, 5.41) is 0. The Morgan fingerprint density at radius 2 is 2.15 bits per heavy atom. The van der Waals surface area contributed by atoms with Crippen molar-refractivity contribution in [3.63, 3.8) is 0 Å². The topological polar surface area (TPSA) is 55.6 Å². The maximum atomic E-state index is 11.9. The van der Waals surface area contributed by atoms with Gasteiger partial charge in [0.25, 0.3) is 0 Å². The lowest BCUT2D eigenvalue weighted by molar-refractivity contribution is -0.130. The van der Waals surface area contributed by atoms with Crippen LogP contribution in [0.25, 0.3) is 0 Å². The molecule has 0 aromatic heterocycles. The molecule has 2 rings (SSSR count). The highest BCUT2D eigenvalue weighted by molar-refractivity contribution is 5.85. The fourth-order valence-corrected chi connectivity index (χ4v) is 2.23. The average Bonchev–Trinajstić information content (AvgIpc) is 2.80. The Labute approximate surface area is 126 Å². The molecule has 20 heavy (non-hydrogen) atoms. The Bertz CT molecular complexity index is 465. The number of carbonyl (C=O) groups excluding carboxylic acids is 1. The molecule has 1 saturated heterocycles. The summed E-state index contributed by atoms with van der Waals surface area (Å²) in [4.78, 5) is 13.7. The smallest absolute Gasteiger partial charge is 0.226 e. The van der Waals surface area contributed by atoms with Crippen LogP contribution in [0.2, 0.25) is 0 Å². The summed E-state index contributed by atoms with van der Waals surface area (Å²) in [5.41, 5.74) is 8.24. The van der Waals surface area contributed by atoms with E-state index in [-0.39, 0.29) is 24.4 Å². The lowest BCUT2D eigenvalue weighted by atomic mass is 10.1. The molecule has 2 N–H and O–H groups in total. The summed E-state index contributed by atoms with van der Waals surface area (Å²) in [5.74, 6) is 0.964. The molecular weight excluding hydrogens is 276 g/mol. The second-order valence-corrected chi connectivity index (χ2v) is 5.23. The Hall–Kier alpha value is -1.26. The van der Waals surface area contributed by atoms with Crippen molar-refractivity contribution in [2.24, 2.45) is 5.73 Å².